The van der Waals surface area contributed by atoms with Crippen molar-refractivity contribution < 1.29 is 22.3 Å². The summed E-state index contributed by atoms with van der Waals surface area (Å²) < 4.78 is 62.2. The summed E-state index contributed by atoms with van der Waals surface area (Å²) in [6.45, 7) is 4.46. The van der Waals surface area contributed by atoms with Gasteiger partial charge in [0.15, 0.2) is 0 Å². The highest BCUT2D eigenvalue weighted by molar-refractivity contribution is 5.67. The minimum Gasteiger partial charge on any atom is -0.493 e. The Morgan fingerprint density at radius 1 is 0.848 bits per heavy atom. The molecule has 182 valence electrons. The number of unbranched alkanes of at least 4 members (excludes halogenated alkanes) is 2. The molecule has 1 nitrogen and oxygen atoms in total. The van der Waals surface area contributed by atoms with E-state index in [1.54, 1.807) is 12.1 Å². The zero-order valence-corrected chi connectivity index (χ0v) is 19.8. The number of ether oxygens (including phenoxy) is 1. The molecule has 0 saturated heterocycles. The lowest BCUT2D eigenvalue weighted by Gasteiger charge is -2.29. The lowest BCUT2D eigenvalue weighted by molar-refractivity contribution is -0.141. The highest BCUT2D eigenvalue weighted by atomic mass is 19.4. The maximum absolute atomic E-state index is 15.1. The third kappa shape index (κ3) is 6.97. The van der Waals surface area contributed by atoms with E-state index in [2.05, 4.69) is 13.8 Å². The van der Waals surface area contributed by atoms with Crippen LogP contribution >= 0.6 is 0 Å². The summed E-state index contributed by atoms with van der Waals surface area (Å²) in [6.07, 6.45) is 6.12. The van der Waals surface area contributed by atoms with E-state index < -0.39 is 23.3 Å². The van der Waals surface area contributed by atoms with E-state index in [1.165, 1.54) is 37.8 Å². The predicted octanol–water partition coefficient (Wildman–Crippen LogP) is 9.23. The molecule has 0 aliphatic heterocycles. The van der Waals surface area contributed by atoms with Gasteiger partial charge in [-0.25, -0.2) is 4.39 Å². The summed E-state index contributed by atoms with van der Waals surface area (Å²) in [4.78, 5) is 0. The van der Waals surface area contributed by atoms with E-state index in [1.807, 2.05) is 12.1 Å². The van der Waals surface area contributed by atoms with Crippen molar-refractivity contribution in [1.82, 2.24) is 0 Å². The van der Waals surface area contributed by atoms with Gasteiger partial charge in [0.25, 0.3) is 0 Å². The largest absolute Gasteiger partial charge is 0.493 e. The molecular weight excluding hydrogens is 428 g/mol. The van der Waals surface area contributed by atoms with Crippen molar-refractivity contribution in [2.75, 3.05) is 6.61 Å². The van der Waals surface area contributed by atoms with Gasteiger partial charge in [-0.2, -0.15) is 13.2 Å². The average Bonchev–Trinajstić information content (AvgIpc) is 2.79. The molecule has 0 heterocycles. The third-order valence-electron chi connectivity index (χ3n) is 6.85. The van der Waals surface area contributed by atoms with E-state index in [9.17, 15) is 13.2 Å². The highest BCUT2D eigenvalue weighted by Gasteiger charge is 2.39. The van der Waals surface area contributed by atoms with Gasteiger partial charge in [-0.15, -0.1) is 0 Å². The molecule has 1 fully saturated rings. The zero-order chi connectivity index (χ0) is 23.8. The van der Waals surface area contributed by atoms with E-state index in [0.717, 1.165) is 50.0 Å². The van der Waals surface area contributed by atoms with Crippen molar-refractivity contribution in [2.45, 2.75) is 84.2 Å². The van der Waals surface area contributed by atoms with Gasteiger partial charge in [-0.3, -0.25) is 0 Å². The van der Waals surface area contributed by atoms with Crippen molar-refractivity contribution in [3.8, 4) is 16.9 Å². The van der Waals surface area contributed by atoms with Crippen LogP contribution in [-0.4, -0.2) is 6.61 Å². The molecule has 0 unspecified atom stereocenters. The fourth-order valence-corrected chi connectivity index (χ4v) is 4.88. The summed E-state index contributed by atoms with van der Waals surface area (Å²) >= 11 is 0. The van der Waals surface area contributed by atoms with E-state index in [4.69, 9.17) is 4.74 Å². The number of benzene rings is 2. The number of rotatable bonds is 10. The van der Waals surface area contributed by atoms with Crippen LogP contribution in [0.3, 0.4) is 0 Å². The van der Waals surface area contributed by atoms with Gasteiger partial charge in [0, 0.05) is 5.56 Å². The summed E-state index contributed by atoms with van der Waals surface area (Å²) in [5.74, 6) is -0.722. The standard InChI is InChI=1S/C28H36F4O/c1-3-5-6-8-21-9-11-22(12-10-21)19-33-25-18-17-24(27(29)26(25)28(30,31)32)23-15-13-20(7-4-2)14-16-23/h13-18,21-22H,3-12,19H2,1-2H3. The Bertz CT molecular complexity index is 865. The Morgan fingerprint density at radius 3 is 2.12 bits per heavy atom. The molecule has 1 aliphatic rings. The van der Waals surface area contributed by atoms with Crippen LogP contribution in [0.2, 0.25) is 0 Å². The number of halogens is 4. The number of hydrogen-bond acceptors (Lipinski definition) is 1. The Balaban J connectivity index is 1.69. The average molecular weight is 465 g/mol. The van der Waals surface area contributed by atoms with Gasteiger partial charge in [0.05, 0.1) is 6.61 Å². The van der Waals surface area contributed by atoms with E-state index in [-0.39, 0.29) is 18.1 Å². The van der Waals surface area contributed by atoms with Gasteiger partial charge in [0.1, 0.15) is 17.1 Å². The quantitative estimate of drug-likeness (QED) is 0.251. The summed E-state index contributed by atoms with van der Waals surface area (Å²) in [5, 5.41) is 0. The molecule has 0 bridgehead atoms. The van der Waals surface area contributed by atoms with Gasteiger partial charge >= 0.3 is 6.18 Å². The van der Waals surface area contributed by atoms with Crippen LogP contribution in [-0.2, 0) is 12.6 Å². The van der Waals surface area contributed by atoms with Crippen molar-refractivity contribution in [2.24, 2.45) is 11.8 Å². The Hall–Kier alpha value is -2.04. The molecule has 0 radical (unpaired) electrons. The molecule has 0 amide bonds. The fraction of sp³-hybridized carbons (Fsp3) is 0.571. The first-order chi connectivity index (χ1) is 15.8. The van der Waals surface area contributed by atoms with Crippen LogP contribution in [0.25, 0.3) is 11.1 Å². The molecule has 0 atom stereocenters. The minimum atomic E-state index is -4.82. The van der Waals surface area contributed by atoms with Crippen LogP contribution in [0.1, 0.15) is 82.8 Å². The Morgan fingerprint density at radius 2 is 1.52 bits per heavy atom. The van der Waals surface area contributed by atoms with Gasteiger partial charge in [-0.1, -0.05) is 83.1 Å². The zero-order valence-electron chi connectivity index (χ0n) is 19.8. The molecule has 0 spiro atoms. The highest BCUT2D eigenvalue weighted by Crippen LogP contribution is 2.42. The smallest absolute Gasteiger partial charge is 0.422 e. The molecule has 3 rings (SSSR count). The minimum absolute atomic E-state index is 0.0506. The number of hydrogen-bond donors (Lipinski definition) is 0. The number of aryl methyl sites for hydroxylation is 1. The van der Waals surface area contributed by atoms with Crippen molar-refractivity contribution in [3.63, 3.8) is 0 Å². The van der Waals surface area contributed by atoms with Gasteiger partial charge in [-0.05, 0) is 54.4 Å². The Kier molecular flexibility index (Phi) is 9.22. The van der Waals surface area contributed by atoms with Gasteiger partial charge in [0.2, 0.25) is 0 Å². The SMILES string of the molecule is CCCCCC1CCC(COc2ccc(-c3ccc(CCC)cc3)c(F)c2C(F)(F)F)CC1. The van der Waals surface area contributed by atoms with Crippen LogP contribution in [0, 0.1) is 17.7 Å². The normalized spacial score (nSPS) is 19.0. The van der Waals surface area contributed by atoms with Crippen molar-refractivity contribution in [1.29, 1.82) is 0 Å². The molecule has 33 heavy (non-hydrogen) atoms. The van der Waals surface area contributed by atoms with Crippen molar-refractivity contribution >= 4 is 0 Å². The second-order valence-electron chi connectivity index (χ2n) is 9.44. The molecule has 2 aromatic rings. The molecule has 1 aliphatic carbocycles. The maximum atomic E-state index is 15.1. The lowest BCUT2D eigenvalue weighted by Crippen LogP contribution is -2.21. The second-order valence-corrected chi connectivity index (χ2v) is 9.44. The second kappa shape index (κ2) is 11.9. The van der Waals surface area contributed by atoms with Crippen LogP contribution in [0.4, 0.5) is 17.6 Å². The molecule has 2 aromatic carbocycles. The van der Waals surface area contributed by atoms with Crippen LogP contribution in [0.15, 0.2) is 36.4 Å². The molecule has 0 aromatic heterocycles. The first-order valence-corrected chi connectivity index (χ1v) is 12.4. The molecule has 1 saturated carbocycles. The van der Waals surface area contributed by atoms with Crippen molar-refractivity contribution in [3.05, 3.63) is 53.3 Å². The summed E-state index contributed by atoms with van der Waals surface area (Å²) in [6, 6.07) is 9.73. The fourth-order valence-electron chi connectivity index (χ4n) is 4.88. The van der Waals surface area contributed by atoms with E-state index >= 15 is 4.39 Å². The predicted molar refractivity (Wildman–Crippen MR) is 126 cm³/mol. The molecular formula is C28H36F4O. The maximum Gasteiger partial charge on any atom is 0.422 e. The Labute approximate surface area is 195 Å². The third-order valence-corrected chi connectivity index (χ3v) is 6.85. The first-order valence-electron chi connectivity index (χ1n) is 12.4. The monoisotopic (exact) mass is 464 g/mol. The number of alkyl halides is 3. The van der Waals surface area contributed by atoms with Crippen LogP contribution < -0.4 is 4.74 Å². The lowest BCUT2D eigenvalue weighted by atomic mass is 9.80. The summed E-state index contributed by atoms with van der Waals surface area (Å²) in [5.41, 5.74) is 0.166. The van der Waals surface area contributed by atoms with Gasteiger partial charge < -0.3 is 4.74 Å². The molecule has 5 heteroatoms. The first kappa shape index (κ1) is 25.6. The molecule has 0 N–H and O–H groups in total. The van der Waals surface area contributed by atoms with Crippen LogP contribution in [0.5, 0.6) is 5.75 Å². The summed E-state index contributed by atoms with van der Waals surface area (Å²) in [7, 11) is 0. The topological polar surface area (TPSA) is 9.23 Å². The van der Waals surface area contributed by atoms with E-state index in [0.29, 0.717) is 5.56 Å².